The number of hydrogen-bond donors (Lipinski definition) is 1. The molecular weight excluding hydrogens is 262 g/mol. The fraction of sp³-hybridized carbons (Fsp3) is 0.333. The van der Waals surface area contributed by atoms with Gasteiger partial charge in [0.15, 0.2) is 0 Å². The summed E-state index contributed by atoms with van der Waals surface area (Å²) in [6, 6.07) is 11.7. The van der Waals surface area contributed by atoms with Crippen molar-refractivity contribution in [3.63, 3.8) is 0 Å². The van der Waals surface area contributed by atoms with E-state index in [0.29, 0.717) is 17.2 Å². The van der Waals surface area contributed by atoms with Crippen LogP contribution in [-0.2, 0) is 5.41 Å². The Kier molecular flexibility index (Phi) is 4.12. The highest BCUT2D eigenvalue weighted by Crippen LogP contribution is 2.36. The molecule has 2 aromatic rings. The summed E-state index contributed by atoms with van der Waals surface area (Å²) in [5.41, 5.74) is 8.83. The van der Waals surface area contributed by atoms with E-state index in [0.717, 1.165) is 16.9 Å². The molecule has 21 heavy (non-hydrogen) atoms. The number of rotatable bonds is 3. The average Bonchev–Trinajstić information content (AvgIpc) is 2.36. The molecule has 0 aliphatic carbocycles. The van der Waals surface area contributed by atoms with E-state index < -0.39 is 0 Å². The second-order valence-electron chi connectivity index (χ2n) is 6.29. The van der Waals surface area contributed by atoms with Gasteiger partial charge in [0.2, 0.25) is 0 Å². The molecule has 0 aromatic heterocycles. The van der Waals surface area contributed by atoms with Crippen molar-refractivity contribution in [3.05, 3.63) is 47.5 Å². The van der Waals surface area contributed by atoms with Crippen molar-refractivity contribution < 1.29 is 9.47 Å². The minimum atomic E-state index is 0.00739. The molecule has 0 unspecified atom stereocenters. The molecule has 0 aliphatic heterocycles. The zero-order valence-corrected chi connectivity index (χ0v) is 13.4. The van der Waals surface area contributed by atoms with E-state index in [9.17, 15) is 0 Å². The van der Waals surface area contributed by atoms with Crippen LogP contribution in [0.25, 0.3) is 0 Å². The first-order valence-corrected chi connectivity index (χ1v) is 7.03. The second kappa shape index (κ2) is 5.68. The van der Waals surface area contributed by atoms with Crippen LogP contribution in [-0.4, -0.2) is 7.11 Å². The fourth-order valence-corrected chi connectivity index (χ4v) is 2.23. The van der Waals surface area contributed by atoms with Crippen molar-refractivity contribution in [1.82, 2.24) is 0 Å². The Morgan fingerprint density at radius 2 is 1.62 bits per heavy atom. The molecule has 0 aliphatic rings. The van der Waals surface area contributed by atoms with Crippen LogP contribution in [0.3, 0.4) is 0 Å². The third-order valence-electron chi connectivity index (χ3n) is 3.31. The van der Waals surface area contributed by atoms with Crippen molar-refractivity contribution in [2.45, 2.75) is 33.1 Å². The highest BCUT2D eigenvalue weighted by atomic mass is 16.5. The molecule has 0 saturated carbocycles. The van der Waals surface area contributed by atoms with Gasteiger partial charge in [0.05, 0.1) is 7.11 Å². The Bertz CT molecular complexity index is 642. The molecule has 2 N–H and O–H groups in total. The molecule has 3 heteroatoms. The van der Waals surface area contributed by atoms with Crippen LogP contribution in [0, 0.1) is 6.92 Å². The maximum Gasteiger partial charge on any atom is 0.133 e. The lowest BCUT2D eigenvalue weighted by Crippen LogP contribution is -2.12. The molecule has 0 saturated heterocycles. The Balaban J connectivity index is 2.44. The van der Waals surface area contributed by atoms with Crippen LogP contribution >= 0.6 is 0 Å². The highest BCUT2D eigenvalue weighted by Gasteiger charge is 2.19. The predicted molar refractivity (Wildman–Crippen MR) is 87.4 cm³/mol. The van der Waals surface area contributed by atoms with Crippen molar-refractivity contribution in [2.75, 3.05) is 12.8 Å². The number of hydrogen-bond acceptors (Lipinski definition) is 3. The normalized spacial score (nSPS) is 11.3. The molecule has 0 radical (unpaired) electrons. The molecular formula is C18H23NO2. The Labute approximate surface area is 126 Å². The second-order valence-corrected chi connectivity index (χ2v) is 6.29. The van der Waals surface area contributed by atoms with Gasteiger partial charge < -0.3 is 15.2 Å². The monoisotopic (exact) mass is 285 g/mol. The first kappa shape index (κ1) is 15.2. The largest absolute Gasteiger partial charge is 0.497 e. The molecule has 3 nitrogen and oxygen atoms in total. The van der Waals surface area contributed by atoms with Gasteiger partial charge in [-0.05, 0) is 24.0 Å². The van der Waals surface area contributed by atoms with Crippen LogP contribution in [0.5, 0.6) is 17.2 Å². The molecule has 0 fully saturated rings. The van der Waals surface area contributed by atoms with Crippen LogP contribution in [0.4, 0.5) is 5.69 Å². The molecule has 112 valence electrons. The quantitative estimate of drug-likeness (QED) is 0.833. The first-order chi connectivity index (χ1) is 9.79. The van der Waals surface area contributed by atoms with Gasteiger partial charge in [0.1, 0.15) is 17.2 Å². The van der Waals surface area contributed by atoms with E-state index in [4.69, 9.17) is 15.2 Å². The van der Waals surface area contributed by atoms with Crippen molar-refractivity contribution >= 4 is 5.69 Å². The third kappa shape index (κ3) is 3.69. The van der Waals surface area contributed by atoms with Crippen molar-refractivity contribution in [1.29, 1.82) is 0 Å². The minimum Gasteiger partial charge on any atom is -0.497 e. The van der Waals surface area contributed by atoms with Crippen LogP contribution in [0.2, 0.25) is 0 Å². The lowest BCUT2D eigenvalue weighted by atomic mass is 9.86. The number of nitrogens with two attached hydrogens (primary N) is 1. The van der Waals surface area contributed by atoms with E-state index in [1.807, 2.05) is 6.07 Å². The van der Waals surface area contributed by atoms with Crippen LogP contribution in [0.15, 0.2) is 36.4 Å². The summed E-state index contributed by atoms with van der Waals surface area (Å²) in [7, 11) is 1.62. The summed E-state index contributed by atoms with van der Waals surface area (Å²) < 4.78 is 11.3. The van der Waals surface area contributed by atoms with Gasteiger partial charge >= 0.3 is 0 Å². The smallest absolute Gasteiger partial charge is 0.133 e. The number of anilines is 1. The summed E-state index contributed by atoms with van der Waals surface area (Å²) >= 11 is 0. The van der Waals surface area contributed by atoms with Crippen LogP contribution in [0.1, 0.15) is 31.9 Å². The Hall–Kier alpha value is -2.16. The van der Waals surface area contributed by atoms with Gasteiger partial charge in [-0.25, -0.2) is 0 Å². The SMILES string of the molecule is COc1cc(N)cc(Oc2cc(C)ccc2C(C)(C)C)c1. The standard InChI is InChI=1S/C18H23NO2/c1-12-6-7-16(18(2,3)4)17(8-12)21-15-10-13(19)9-14(11-15)20-5/h6-11H,19H2,1-5H3. The Morgan fingerprint density at radius 1 is 0.952 bits per heavy atom. The fourth-order valence-electron chi connectivity index (χ4n) is 2.23. The number of nitrogen functional groups attached to an aromatic ring is 1. The zero-order chi connectivity index (χ0) is 15.6. The van der Waals surface area contributed by atoms with E-state index >= 15 is 0 Å². The Morgan fingerprint density at radius 3 is 2.24 bits per heavy atom. The van der Waals surface area contributed by atoms with Gasteiger partial charge in [-0.3, -0.25) is 0 Å². The molecule has 2 rings (SSSR count). The maximum absolute atomic E-state index is 6.08. The topological polar surface area (TPSA) is 44.5 Å². The lowest BCUT2D eigenvalue weighted by Gasteiger charge is -2.23. The molecule has 0 atom stereocenters. The molecule has 0 amide bonds. The number of benzene rings is 2. The summed E-state index contributed by atoms with van der Waals surface area (Å²) in [5, 5.41) is 0. The number of methoxy groups -OCH3 is 1. The first-order valence-electron chi connectivity index (χ1n) is 7.03. The summed E-state index contributed by atoms with van der Waals surface area (Å²) in [6.07, 6.45) is 0. The number of ether oxygens (including phenoxy) is 2. The van der Waals surface area contributed by atoms with Crippen molar-refractivity contribution in [3.8, 4) is 17.2 Å². The van der Waals surface area contributed by atoms with E-state index in [1.54, 1.807) is 19.2 Å². The lowest BCUT2D eigenvalue weighted by molar-refractivity contribution is 0.407. The summed E-state index contributed by atoms with van der Waals surface area (Å²) in [6.45, 7) is 8.57. The van der Waals surface area contributed by atoms with Gasteiger partial charge in [-0.1, -0.05) is 32.9 Å². The van der Waals surface area contributed by atoms with E-state index in [-0.39, 0.29) is 5.41 Å². The average molecular weight is 285 g/mol. The van der Waals surface area contributed by atoms with E-state index in [1.165, 1.54) is 0 Å². The highest BCUT2D eigenvalue weighted by molar-refractivity contribution is 5.52. The van der Waals surface area contributed by atoms with E-state index in [2.05, 4.69) is 45.9 Å². The third-order valence-corrected chi connectivity index (χ3v) is 3.31. The molecule has 0 heterocycles. The minimum absolute atomic E-state index is 0.00739. The van der Waals surface area contributed by atoms with Gasteiger partial charge in [0.25, 0.3) is 0 Å². The maximum atomic E-state index is 6.08. The number of aryl methyl sites for hydroxylation is 1. The van der Waals surface area contributed by atoms with Crippen molar-refractivity contribution in [2.24, 2.45) is 0 Å². The van der Waals surface area contributed by atoms with Crippen LogP contribution < -0.4 is 15.2 Å². The molecule has 2 aromatic carbocycles. The summed E-state index contributed by atoms with van der Waals surface area (Å²) in [4.78, 5) is 0. The predicted octanol–water partition coefficient (Wildman–Crippen LogP) is 4.68. The molecule has 0 spiro atoms. The summed E-state index contributed by atoms with van der Waals surface area (Å²) in [5.74, 6) is 2.23. The zero-order valence-electron chi connectivity index (χ0n) is 13.4. The van der Waals surface area contributed by atoms with Gasteiger partial charge in [-0.2, -0.15) is 0 Å². The van der Waals surface area contributed by atoms with Gasteiger partial charge in [-0.15, -0.1) is 0 Å². The van der Waals surface area contributed by atoms with Gasteiger partial charge in [0, 0.05) is 29.4 Å². The molecule has 0 bridgehead atoms.